The number of rotatable bonds is 7. The van der Waals surface area contributed by atoms with Crippen LogP contribution in [0.5, 0.6) is 5.88 Å². The van der Waals surface area contributed by atoms with Crippen LogP contribution < -0.4 is 10.1 Å². The van der Waals surface area contributed by atoms with Gasteiger partial charge in [-0.1, -0.05) is 23.9 Å². The molecule has 0 aliphatic rings. The molecule has 0 aliphatic heterocycles. The number of ether oxygens (including phenoxy) is 1. The largest absolute Gasteiger partial charge is 0.479 e. The first-order chi connectivity index (χ1) is 13.0. The van der Waals surface area contributed by atoms with Gasteiger partial charge in [0.05, 0.1) is 18.6 Å². The van der Waals surface area contributed by atoms with E-state index in [-0.39, 0.29) is 17.3 Å². The van der Waals surface area contributed by atoms with Crippen LogP contribution in [0, 0.1) is 5.82 Å². The topological polar surface area (TPSA) is 86.9 Å². The molecule has 27 heavy (non-hydrogen) atoms. The summed E-state index contributed by atoms with van der Waals surface area (Å²) < 4.78 is 22.4. The number of hydrogen-bond donors (Lipinski definition) is 1. The molecule has 3 aromatic rings. The van der Waals surface area contributed by atoms with E-state index in [4.69, 9.17) is 4.74 Å². The third-order valence-corrected chi connectivity index (χ3v) is 4.71. The summed E-state index contributed by atoms with van der Waals surface area (Å²) in [5.74, 6) is 0.346. The molecule has 0 saturated heterocycles. The zero-order valence-electron chi connectivity index (χ0n) is 15.1. The number of thioether (sulfide) groups is 1. The van der Waals surface area contributed by atoms with Crippen LogP contribution in [0.4, 0.5) is 10.1 Å². The maximum absolute atomic E-state index is 13.6. The predicted molar refractivity (Wildman–Crippen MR) is 100 cm³/mol. The number of aryl methyl sites for hydroxylation is 1. The molecule has 1 amide bonds. The van der Waals surface area contributed by atoms with Crippen molar-refractivity contribution in [2.24, 2.45) is 7.05 Å². The normalized spacial score (nSPS) is 10.8. The summed E-state index contributed by atoms with van der Waals surface area (Å²) >= 11 is 1.23. The minimum Gasteiger partial charge on any atom is -0.479 e. The van der Waals surface area contributed by atoms with E-state index in [2.05, 4.69) is 20.6 Å². The first-order valence-electron chi connectivity index (χ1n) is 8.21. The Balaban J connectivity index is 1.73. The van der Waals surface area contributed by atoms with E-state index in [0.29, 0.717) is 23.4 Å². The summed E-state index contributed by atoms with van der Waals surface area (Å²) in [7, 11) is 3.34. The van der Waals surface area contributed by atoms with Crippen molar-refractivity contribution in [3.8, 4) is 17.3 Å². The van der Waals surface area contributed by atoms with Crippen molar-refractivity contribution in [2.45, 2.75) is 18.6 Å². The van der Waals surface area contributed by atoms with Gasteiger partial charge in [-0.05, 0) is 19.1 Å². The number of carbonyl (C=O) groups excluding carboxylic acids is 1. The molecule has 8 nitrogen and oxygen atoms in total. The summed E-state index contributed by atoms with van der Waals surface area (Å²) in [5.41, 5.74) is 0.873. The lowest BCUT2D eigenvalue weighted by molar-refractivity contribution is -0.113. The molecule has 0 spiro atoms. The Labute approximate surface area is 159 Å². The van der Waals surface area contributed by atoms with E-state index in [1.165, 1.54) is 23.9 Å². The van der Waals surface area contributed by atoms with Crippen molar-refractivity contribution in [3.63, 3.8) is 0 Å². The number of para-hydroxylation sites is 1. The lowest BCUT2D eigenvalue weighted by Gasteiger charge is -2.08. The second-order valence-corrected chi connectivity index (χ2v) is 6.54. The van der Waals surface area contributed by atoms with Crippen molar-refractivity contribution in [1.82, 2.24) is 24.5 Å². The van der Waals surface area contributed by atoms with Crippen molar-refractivity contribution in [2.75, 3.05) is 18.2 Å². The molecule has 0 aliphatic carbocycles. The van der Waals surface area contributed by atoms with Crippen LogP contribution >= 0.6 is 11.8 Å². The molecule has 0 saturated carbocycles. The molecule has 1 aromatic carbocycles. The van der Waals surface area contributed by atoms with Crippen LogP contribution in [0.1, 0.15) is 6.92 Å². The van der Waals surface area contributed by atoms with Gasteiger partial charge in [0.2, 0.25) is 11.8 Å². The van der Waals surface area contributed by atoms with Gasteiger partial charge in [-0.25, -0.2) is 4.39 Å². The molecular weight excluding hydrogens is 371 g/mol. The van der Waals surface area contributed by atoms with E-state index in [0.717, 1.165) is 5.56 Å². The maximum Gasteiger partial charge on any atom is 0.243 e. The van der Waals surface area contributed by atoms with E-state index in [1.54, 1.807) is 37.2 Å². The fourth-order valence-corrected chi connectivity index (χ4v) is 3.33. The highest BCUT2D eigenvalue weighted by Gasteiger charge is 2.20. The van der Waals surface area contributed by atoms with E-state index < -0.39 is 5.82 Å². The van der Waals surface area contributed by atoms with Gasteiger partial charge in [-0.15, -0.1) is 15.3 Å². The van der Waals surface area contributed by atoms with Crippen molar-refractivity contribution < 1.29 is 13.9 Å². The monoisotopic (exact) mass is 390 g/mol. The lowest BCUT2D eigenvalue weighted by atomic mass is 10.3. The Morgan fingerprint density at radius 2 is 2.11 bits per heavy atom. The van der Waals surface area contributed by atoms with Gasteiger partial charge in [0.1, 0.15) is 11.4 Å². The molecule has 3 rings (SSSR count). The third-order valence-electron chi connectivity index (χ3n) is 3.74. The molecule has 2 aromatic heterocycles. The Kier molecular flexibility index (Phi) is 5.75. The zero-order chi connectivity index (χ0) is 19.4. The fourth-order valence-electron chi connectivity index (χ4n) is 2.53. The minimum atomic E-state index is -0.474. The molecular formula is C17H19FN6O2S. The van der Waals surface area contributed by atoms with E-state index in [9.17, 15) is 9.18 Å². The predicted octanol–water partition coefficient (Wildman–Crippen LogP) is 2.58. The van der Waals surface area contributed by atoms with Gasteiger partial charge in [-0.3, -0.25) is 9.48 Å². The second-order valence-electron chi connectivity index (χ2n) is 5.59. The third kappa shape index (κ3) is 4.11. The Morgan fingerprint density at radius 3 is 2.81 bits per heavy atom. The Morgan fingerprint density at radius 1 is 1.33 bits per heavy atom. The molecule has 10 heteroatoms. The first kappa shape index (κ1) is 18.9. The van der Waals surface area contributed by atoms with Gasteiger partial charge in [0.25, 0.3) is 0 Å². The van der Waals surface area contributed by atoms with Crippen LogP contribution in [-0.2, 0) is 18.4 Å². The number of amides is 1. The Hall–Kier alpha value is -2.88. The van der Waals surface area contributed by atoms with Crippen LogP contribution in [0.15, 0.2) is 35.6 Å². The number of carbonyl (C=O) groups is 1. The number of anilines is 1. The van der Waals surface area contributed by atoms with Crippen molar-refractivity contribution >= 4 is 23.4 Å². The van der Waals surface area contributed by atoms with Crippen LogP contribution in [0.3, 0.4) is 0 Å². The lowest BCUT2D eigenvalue weighted by Crippen LogP contribution is -2.15. The van der Waals surface area contributed by atoms with Gasteiger partial charge < -0.3 is 14.6 Å². The van der Waals surface area contributed by atoms with E-state index >= 15 is 0 Å². The quantitative estimate of drug-likeness (QED) is 0.624. The number of hydrogen-bond acceptors (Lipinski definition) is 6. The first-order valence-corrected chi connectivity index (χ1v) is 9.20. The number of aromatic nitrogens is 5. The van der Waals surface area contributed by atoms with Crippen LogP contribution in [-0.4, -0.2) is 43.3 Å². The Bertz CT molecular complexity index is 955. The molecule has 0 unspecified atom stereocenters. The molecule has 0 radical (unpaired) electrons. The molecule has 1 N–H and O–H groups in total. The van der Waals surface area contributed by atoms with Gasteiger partial charge >= 0.3 is 0 Å². The maximum atomic E-state index is 13.6. The fraction of sp³-hybridized carbons (Fsp3) is 0.294. The number of methoxy groups -OCH3 is 1. The van der Waals surface area contributed by atoms with E-state index in [1.807, 2.05) is 11.5 Å². The minimum absolute atomic E-state index is 0.0800. The highest BCUT2D eigenvalue weighted by Crippen LogP contribution is 2.29. The molecule has 0 bridgehead atoms. The zero-order valence-corrected chi connectivity index (χ0v) is 16.0. The van der Waals surface area contributed by atoms with Gasteiger partial charge in [-0.2, -0.15) is 0 Å². The number of benzene rings is 1. The molecule has 0 fully saturated rings. The molecule has 0 atom stereocenters. The SMILES string of the molecule is CCn1c(SCC(=O)Nc2ccccc2F)nnc1-c1cn(C)nc1OC. The number of halogens is 1. The van der Waals surface area contributed by atoms with Crippen molar-refractivity contribution in [1.29, 1.82) is 0 Å². The number of nitrogens with one attached hydrogen (secondary N) is 1. The number of nitrogens with zero attached hydrogens (tertiary/aromatic N) is 5. The van der Waals surface area contributed by atoms with Crippen LogP contribution in [0.25, 0.3) is 11.4 Å². The standard InChI is InChI=1S/C17H19FN6O2S/c1-4-24-15(11-9-23(2)22-16(11)26-3)20-21-17(24)27-10-14(25)19-13-8-6-5-7-12(13)18/h5-9H,4,10H2,1-3H3,(H,19,25). The summed E-state index contributed by atoms with van der Waals surface area (Å²) in [5, 5.41) is 15.8. The van der Waals surface area contributed by atoms with Crippen LogP contribution in [0.2, 0.25) is 0 Å². The average molecular weight is 390 g/mol. The average Bonchev–Trinajstić information content (AvgIpc) is 3.24. The second kappa shape index (κ2) is 8.21. The molecule has 2 heterocycles. The summed E-state index contributed by atoms with van der Waals surface area (Å²) in [4.78, 5) is 12.1. The summed E-state index contributed by atoms with van der Waals surface area (Å²) in [6.07, 6.45) is 1.80. The van der Waals surface area contributed by atoms with Gasteiger partial charge in [0.15, 0.2) is 11.0 Å². The van der Waals surface area contributed by atoms with Crippen molar-refractivity contribution in [3.05, 3.63) is 36.3 Å². The smallest absolute Gasteiger partial charge is 0.243 e. The summed E-state index contributed by atoms with van der Waals surface area (Å²) in [6.45, 7) is 2.57. The highest BCUT2D eigenvalue weighted by molar-refractivity contribution is 7.99. The summed E-state index contributed by atoms with van der Waals surface area (Å²) in [6, 6.07) is 6.04. The highest BCUT2D eigenvalue weighted by atomic mass is 32.2. The van der Waals surface area contributed by atoms with Gasteiger partial charge in [0, 0.05) is 19.8 Å². The molecule has 142 valence electrons.